The highest BCUT2D eigenvalue weighted by Crippen LogP contribution is 2.24. The van der Waals surface area contributed by atoms with Gasteiger partial charge in [-0.3, -0.25) is 9.78 Å². The van der Waals surface area contributed by atoms with Gasteiger partial charge in [0.2, 0.25) is 0 Å². The maximum Gasteiger partial charge on any atom is 0.270 e. The Morgan fingerprint density at radius 3 is 2.71 bits per heavy atom. The van der Waals surface area contributed by atoms with Gasteiger partial charge in [0, 0.05) is 23.5 Å². The van der Waals surface area contributed by atoms with E-state index >= 15 is 0 Å². The summed E-state index contributed by atoms with van der Waals surface area (Å²) >= 11 is 0. The van der Waals surface area contributed by atoms with Gasteiger partial charge < -0.3 is 10.6 Å². The third-order valence-electron chi connectivity index (χ3n) is 2.43. The summed E-state index contributed by atoms with van der Waals surface area (Å²) in [7, 11) is 0. The number of amides is 1. The molecule has 0 aliphatic heterocycles. The maximum absolute atomic E-state index is 11.9. The normalized spacial score (nSPS) is 15.5. The summed E-state index contributed by atoms with van der Waals surface area (Å²) in [5.41, 5.74) is 1.20. The van der Waals surface area contributed by atoms with Crippen LogP contribution in [0.5, 0.6) is 0 Å². The van der Waals surface area contributed by atoms with E-state index in [0.29, 0.717) is 11.7 Å². The van der Waals surface area contributed by atoms with Crippen LogP contribution < -0.4 is 10.6 Å². The molecular weight excluding hydrogens is 214 g/mol. The smallest absolute Gasteiger partial charge is 0.270 e. The highest BCUT2D eigenvalue weighted by Gasteiger charge is 2.21. The van der Waals surface area contributed by atoms with Gasteiger partial charge in [-0.1, -0.05) is 0 Å². The van der Waals surface area contributed by atoms with Crippen molar-refractivity contribution in [2.24, 2.45) is 0 Å². The molecule has 17 heavy (non-hydrogen) atoms. The first-order chi connectivity index (χ1) is 7.94. The molecule has 1 heterocycles. The van der Waals surface area contributed by atoms with Gasteiger partial charge in [0.25, 0.3) is 5.91 Å². The van der Waals surface area contributed by atoms with Crippen molar-refractivity contribution in [1.29, 1.82) is 0 Å². The van der Waals surface area contributed by atoms with Gasteiger partial charge >= 0.3 is 0 Å². The predicted molar refractivity (Wildman–Crippen MR) is 68.1 cm³/mol. The highest BCUT2D eigenvalue weighted by atomic mass is 16.2. The fourth-order valence-electron chi connectivity index (χ4n) is 1.51. The first kappa shape index (κ1) is 11.9. The molecule has 1 aliphatic rings. The first-order valence-corrected chi connectivity index (χ1v) is 5.99. The average Bonchev–Trinajstić information content (AvgIpc) is 2.99. The van der Waals surface area contributed by atoms with Crippen LogP contribution in [0, 0.1) is 0 Å². The molecule has 2 rings (SSSR count). The van der Waals surface area contributed by atoms with E-state index in [4.69, 9.17) is 0 Å². The molecule has 1 amide bonds. The SMILES string of the molecule is CC(C)(C)NC(=O)c1cc(NC2CC2)ccn1. The molecule has 1 fully saturated rings. The number of nitrogens with one attached hydrogen (secondary N) is 2. The summed E-state index contributed by atoms with van der Waals surface area (Å²) < 4.78 is 0. The Kier molecular flexibility index (Phi) is 3.05. The van der Waals surface area contributed by atoms with Gasteiger partial charge in [-0.2, -0.15) is 0 Å². The summed E-state index contributed by atoms with van der Waals surface area (Å²) in [5.74, 6) is -0.128. The number of aromatic nitrogens is 1. The first-order valence-electron chi connectivity index (χ1n) is 5.99. The van der Waals surface area contributed by atoms with Crippen molar-refractivity contribution in [1.82, 2.24) is 10.3 Å². The highest BCUT2D eigenvalue weighted by molar-refractivity contribution is 5.93. The molecule has 0 bridgehead atoms. The Hall–Kier alpha value is -1.58. The number of rotatable bonds is 3. The fourth-order valence-corrected chi connectivity index (χ4v) is 1.51. The van der Waals surface area contributed by atoms with Crippen molar-refractivity contribution in [3.63, 3.8) is 0 Å². The van der Waals surface area contributed by atoms with Gasteiger partial charge in [-0.15, -0.1) is 0 Å². The molecule has 0 radical (unpaired) electrons. The van der Waals surface area contributed by atoms with E-state index < -0.39 is 0 Å². The summed E-state index contributed by atoms with van der Waals surface area (Å²) in [6, 6.07) is 4.28. The van der Waals surface area contributed by atoms with Crippen molar-refractivity contribution in [2.75, 3.05) is 5.32 Å². The van der Waals surface area contributed by atoms with Crippen molar-refractivity contribution in [3.05, 3.63) is 24.0 Å². The van der Waals surface area contributed by atoms with Crippen LogP contribution in [-0.4, -0.2) is 22.5 Å². The lowest BCUT2D eigenvalue weighted by Crippen LogP contribution is -2.40. The molecule has 1 aromatic heterocycles. The zero-order valence-corrected chi connectivity index (χ0v) is 10.6. The van der Waals surface area contributed by atoms with Gasteiger partial charge in [0.1, 0.15) is 5.69 Å². The third-order valence-corrected chi connectivity index (χ3v) is 2.43. The average molecular weight is 233 g/mol. The van der Waals surface area contributed by atoms with E-state index in [9.17, 15) is 4.79 Å². The number of anilines is 1. The quantitative estimate of drug-likeness (QED) is 0.841. The number of hydrogen-bond acceptors (Lipinski definition) is 3. The molecule has 1 saturated carbocycles. The standard InChI is InChI=1S/C13H19N3O/c1-13(2,3)16-12(17)11-8-10(6-7-14-11)15-9-4-5-9/h6-9H,4-5H2,1-3H3,(H,14,15)(H,16,17). The van der Waals surface area contributed by atoms with Gasteiger partial charge in [-0.05, 0) is 45.7 Å². The molecule has 4 nitrogen and oxygen atoms in total. The van der Waals surface area contributed by atoms with Crippen LogP contribution in [0.1, 0.15) is 44.1 Å². The number of carbonyl (C=O) groups is 1. The number of nitrogens with zero attached hydrogens (tertiary/aromatic N) is 1. The molecule has 0 unspecified atom stereocenters. The Balaban J connectivity index is 2.06. The number of hydrogen-bond donors (Lipinski definition) is 2. The van der Waals surface area contributed by atoms with Crippen LogP contribution >= 0.6 is 0 Å². The van der Waals surface area contributed by atoms with E-state index in [1.807, 2.05) is 26.8 Å². The van der Waals surface area contributed by atoms with Crippen molar-refractivity contribution >= 4 is 11.6 Å². The van der Waals surface area contributed by atoms with E-state index in [0.717, 1.165) is 5.69 Å². The van der Waals surface area contributed by atoms with Gasteiger partial charge in [-0.25, -0.2) is 0 Å². The van der Waals surface area contributed by atoms with E-state index in [-0.39, 0.29) is 11.4 Å². The zero-order chi connectivity index (χ0) is 12.5. The van der Waals surface area contributed by atoms with E-state index in [1.165, 1.54) is 12.8 Å². The fraction of sp³-hybridized carbons (Fsp3) is 0.538. The van der Waals surface area contributed by atoms with Crippen LogP contribution in [0.25, 0.3) is 0 Å². The second-order valence-electron chi connectivity index (χ2n) is 5.55. The monoisotopic (exact) mass is 233 g/mol. The second kappa shape index (κ2) is 4.35. The van der Waals surface area contributed by atoms with Crippen molar-refractivity contribution in [3.8, 4) is 0 Å². The third kappa shape index (κ3) is 3.73. The topological polar surface area (TPSA) is 54.0 Å². The Morgan fingerprint density at radius 2 is 2.12 bits per heavy atom. The van der Waals surface area contributed by atoms with Crippen molar-refractivity contribution in [2.45, 2.75) is 45.2 Å². The van der Waals surface area contributed by atoms with Crippen LogP contribution in [0.3, 0.4) is 0 Å². The molecule has 0 aromatic carbocycles. The van der Waals surface area contributed by atoms with Crippen LogP contribution in [0.15, 0.2) is 18.3 Å². The minimum atomic E-state index is -0.237. The molecule has 1 aromatic rings. The van der Waals surface area contributed by atoms with E-state index in [2.05, 4.69) is 15.6 Å². The predicted octanol–water partition coefficient (Wildman–Crippen LogP) is 2.18. The largest absolute Gasteiger partial charge is 0.382 e. The molecular formula is C13H19N3O. The minimum Gasteiger partial charge on any atom is -0.382 e. The molecule has 0 atom stereocenters. The lowest BCUT2D eigenvalue weighted by molar-refractivity contribution is 0.0914. The van der Waals surface area contributed by atoms with Gasteiger partial charge in [0.05, 0.1) is 0 Å². The Labute approximate surface area is 102 Å². The second-order valence-corrected chi connectivity index (χ2v) is 5.55. The van der Waals surface area contributed by atoms with Crippen molar-refractivity contribution < 1.29 is 4.79 Å². The molecule has 0 spiro atoms. The number of carbonyl (C=O) groups excluding carboxylic acids is 1. The summed E-state index contributed by atoms with van der Waals surface area (Å²) in [5, 5.41) is 6.26. The molecule has 4 heteroatoms. The molecule has 2 N–H and O–H groups in total. The maximum atomic E-state index is 11.9. The summed E-state index contributed by atoms with van der Waals surface area (Å²) in [6.07, 6.45) is 4.10. The zero-order valence-electron chi connectivity index (χ0n) is 10.6. The number of pyridine rings is 1. The van der Waals surface area contributed by atoms with Crippen LogP contribution in [0.4, 0.5) is 5.69 Å². The molecule has 0 saturated heterocycles. The minimum absolute atomic E-state index is 0.128. The molecule has 1 aliphatic carbocycles. The van der Waals surface area contributed by atoms with Gasteiger partial charge in [0.15, 0.2) is 0 Å². The Morgan fingerprint density at radius 1 is 1.41 bits per heavy atom. The lowest BCUT2D eigenvalue weighted by atomic mass is 10.1. The van der Waals surface area contributed by atoms with Crippen LogP contribution in [0.2, 0.25) is 0 Å². The summed E-state index contributed by atoms with van der Waals surface area (Å²) in [4.78, 5) is 16.0. The lowest BCUT2D eigenvalue weighted by Gasteiger charge is -2.20. The summed E-state index contributed by atoms with van der Waals surface area (Å²) in [6.45, 7) is 5.87. The van der Waals surface area contributed by atoms with E-state index in [1.54, 1.807) is 12.3 Å². The van der Waals surface area contributed by atoms with Crippen LogP contribution in [-0.2, 0) is 0 Å². The molecule has 92 valence electrons. The Bertz CT molecular complexity index is 419.